The van der Waals surface area contributed by atoms with Crippen LogP contribution in [0.25, 0.3) is 0 Å². The van der Waals surface area contributed by atoms with Crippen LogP contribution in [-0.4, -0.2) is 60.0 Å². The molecule has 7 nitrogen and oxygen atoms in total. The van der Waals surface area contributed by atoms with Crippen LogP contribution in [0.1, 0.15) is 16.1 Å². The number of hydrogen-bond acceptors (Lipinski definition) is 6. The first-order chi connectivity index (χ1) is 12.7. The van der Waals surface area contributed by atoms with Crippen molar-refractivity contribution in [3.63, 3.8) is 0 Å². The summed E-state index contributed by atoms with van der Waals surface area (Å²) in [6.07, 6.45) is 3.09. The molecule has 2 heterocycles. The Kier molecular flexibility index (Phi) is 5.71. The molecule has 0 bridgehead atoms. The third kappa shape index (κ3) is 4.13. The summed E-state index contributed by atoms with van der Waals surface area (Å²) in [4.78, 5) is 24.5. The highest BCUT2D eigenvalue weighted by molar-refractivity contribution is 5.94. The van der Waals surface area contributed by atoms with Gasteiger partial charge in [-0.1, -0.05) is 12.1 Å². The second-order valence-electron chi connectivity index (χ2n) is 5.90. The fraction of sp³-hybridized carbons (Fsp3) is 0.333. The summed E-state index contributed by atoms with van der Waals surface area (Å²) < 4.78 is 13.6. The van der Waals surface area contributed by atoms with Crippen molar-refractivity contribution in [2.45, 2.75) is 0 Å². The number of aromatic nitrogens is 2. The van der Waals surface area contributed by atoms with Gasteiger partial charge in [-0.05, 0) is 12.1 Å². The number of nitrogens with zero attached hydrogens (tertiary/aromatic N) is 5. The van der Waals surface area contributed by atoms with Crippen molar-refractivity contribution in [1.82, 2.24) is 20.2 Å². The van der Waals surface area contributed by atoms with Crippen LogP contribution in [0.3, 0.4) is 0 Å². The molecule has 1 aliphatic heterocycles. The molecule has 1 aromatic heterocycles. The zero-order chi connectivity index (χ0) is 18.4. The topological polar surface area (TPSA) is 85.2 Å². The van der Waals surface area contributed by atoms with Gasteiger partial charge < -0.3 is 10.2 Å². The molecule has 2 aromatic rings. The van der Waals surface area contributed by atoms with Crippen molar-refractivity contribution in [2.24, 2.45) is 0 Å². The second-order valence-corrected chi connectivity index (χ2v) is 5.90. The van der Waals surface area contributed by atoms with Gasteiger partial charge in [-0.3, -0.25) is 9.69 Å². The molecular formula is C18H19FN6O. The summed E-state index contributed by atoms with van der Waals surface area (Å²) in [5.41, 5.74) is 0.391. The van der Waals surface area contributed by atoms with E-state index in [1.807, 2.05) is 4.90 Å². The first kappa shape index (κ1) is 17.8. The van der Waals surface area contributed by atoms with Gasteiger partial charge in [0.1, 0.15) is 11.9 Å². The lowest BCUT2D eigenvalue weighted by Crippen LogP contribution is -2.49. The molecule has 26 heavy (non-hydrogen) atoms. The van der Waals surface area contributed by atoms with E-state index in [0.29, 0.717) is 24.6 Å². The van der Waals surface area contributed by atoms with Gasteiger partial charge in [-0.15, -0.1) is 0 Å². The van der Waals surface area contributed by atoms with E-state index in [9.17, 15) is 9.18 Å². The van der Waals surface area contributed by atoms with E-state index in [4.69, 9.17) is 5.26 Å². The Labute approximate surface area is 151 Å². The molecule has 3 rings (SSSR count). The molecule has 1 saturated heterocycles. The molecule has 1 fully saturated rings. The largest absolute Gasteiger partial charge is 0.352 e. The minimum atomic E-state index is -0.518. The smallest absolute Gasteiger partial charge is 0.254 e. The third-order valence-electron chi connectivity index (χ3n) is 4.29. The molecule has 1 N–H and O–H groups in total. The molecule has 0 saturated carbocycles. The number of nitrogens with one attached hydrogen (secondary N) is 1. The van der Waals surface area contributed by atoms with Crippen LogP contribution in [0.2, 0.25) is 0 Å². The molecule has 1 aromatic carbocycles. The Morgan fingerprint density at radius 1 is 1.19 bits per heavy atom. The summed E-state index contributed by atoms with van der Waals surface area (Å²) in [5.74, 6) is -0.307. The van der Waals surface area contributed by atoms with E-state index in [-0.39, 0.29) is 5.56 Å². The van der Waals surface area contributed by atoms with Crippen LogP contribution in [0, 0.1) is 17.1 Å². The summed E-state index contributed by atoms with van der Waals surface area (Å²) >= 11 is 0. The molecule has 1 aliphatic rings. The van der Waals surface area contributed by atoms with Gasteiger partial charge in [0.05, 0.1) is 5.56 Å². The van der Waals surface area contributed by atoms with Gasteiger partial charge >= 0.3 is 0 Å². The lowest BCUT2D eigenvalue weighted by atomic mass is 10.2. The van der Waals surface area contributed by atoms with Crippen molar-refractivity contribution in [1.29, 1.82) is 5.26 Å². The molecular weight excluding hydrogens is 335 g/mol. The highest BCUT2D eigenvalue weighted by Crippen LogP contribution is 2.16. The van der Waals surface area contributed by atoms with Crippen LogP contribution in [0.4, 0.5) is 10.2 Å². The molecule has 134 valence electrons. The van der Waals surface area contributed by atoms with E-state index >= 15 is 0 Å². The minimum absolute atomic E-state index is 0.0593. The van der Waals surface area contributed by atoms with Crippen LogP contribution in [-0.2, 0) is 0 Å². The van der Waals surface area contributed by atoms with Crippen molar-refractivity contribution in [2.75, 3.05) is 44.2 Å². The van der Waals surface area contributed by atoms with Crippen LogP contribution >= 0.6 is 0 Å². The zero-order valence-electron chi connectivity index (χ0n) is 14.2. The number of carbonyl (C=O) groups excluding carboxylic acids is 1. The maximum absolute atomic E-state index is 13.6. The van der Waals surface area contributed by atoms with E-state index < -0.39 is 11.7 Å². The Morgan fingerprint density at radius 3 is 2.65 bits per heavy atom. The monoisotopic (exact) mass is 354 g/mol. The number of halogens is 1. The number of anilines is 1. The Balaban J connectivity index is 1.45. The van der Waals surface area contributed by atoms with Gasteiger partial charge in [0.15, 0.2) is 11.5 Å². The number of nitriles is 1. The van der Waals surface area contributed by atoms with Crippen LogP contribution < -0.4 is 10.2 Å². The maximum Gasteiger partial charge on any atom is 0.254 e. The number of piperazine rings is 1. The standard InChI is InChI=1S/C18H19FN6O/c19-15-4-2-1-3-14(15)18(26)23-7-8-24-9-11-25(12-10-24)17-16(13-20)21-5-6-22-17/h1-6H,7-12H2,(H,23,26). The normalized spacial score (nSPS) is 14.7. The summed E-state index contributed by atoms with van der Waals surface area (Å²) in [6.45, 7) is 4.17. The first-order valence-electron chi connectivity index (χ1n) is 8.40. The van der Waals surface area contributed by atoms with E-state index in [1.165, 1.54) is 18.3 Å². The molecule has 0 radical (unpaired) electrons. The number of carbonyl (C=O) groups is 1. The van der Waals surface area contributed by atoms with Gasteiger partial charge in [-0.25, -0.2) is 14.4 Å². The fourth-order valence-corrected chi connectivity index (χ4v) is 2.89. The fourth-order valence-electron chi connectivity index (χ4n) is 2.89. The van der Waals surface area contributed by atoms with Crippen molar-refractivity contribution < 1.29 is 9.18 Å². The Hall–Kier alpha value is -3.05. The number of rotatable bonds is 5. The molecule has 0 unspecified atom stereocenters. The van der Waals surface area contributed by atoms with Gasteiger partial charge in [0.25, 0.3) is 5.91 Å². The SMILES string of the molecule is N#Cc1nccnc1N1CCN(CCNC(=O)c2ccccc2F)CC1. The Morgan fingerprint density at radius 2 is 1.92 bits per heavy atom. The molecule has 0 spiro atoms. The van der Waals surface area contributed by atoms with Gasteiger partial charge in [0, 0.05) is 51.7 Å². The van der Waals surface area contributed by atoms with Crippen molar-refractivity contribution >= 4 is 11.7 Å². The quantitative estimate of drug-likeness (QED) is 0.864. The Bertz CT molecular complexity index is 813. The maximum atomic E-state index is 13.6. The van der Waals surface area contributed by atoms with E-state index in [1.54, 1.807) is 18.3 Å². The lowest BCUT2D eigenvalue weighted by Gasteiger charge is -2.35. The second kappa shape index (κ2) is 8.36. The van der Waals surface area contributed by atoms with Crippen molar-refractivity contribution in [3.05, 3.63) is 53.7 Å². The average molecular weight is 354 g/mol. The number of hydrogen-bond donors (Lipinski definition) is 1. The molecule has 1 amide bonds. The molecule has 0 atom stereocenters. The van der Waals surface area contributed by atoms with Gasteiger partial charge in [0.2, 0.25) is 0 Å². The van der Waals surface area contributed by atoms with Gasteiger partial charge in [-0.2, -0.15) is 5.26 Å². The third-order valence-corrected chi connectivity index (χ3v) is 4.29. The molecule has 0 aliphatic carbocycles. The van der Waals surface area contributed by atoms with Crippen LogP contribution in [0.15, 0.2) is 36.7 Å². The predicted octanol–water partition coefficient (Wildman–Crippen LogP) is 1.04. The highest BCUT2D eigenvalue weighted by Gasteiger charge is 2.20. The number of amides is 1. The van der Waals surface area contributed by atoms with E-state index in [0.717, 1.165) is 26.2 Å². The minimum Gasteiger partial charge on any atom is -0.352 e. The zero-order valence-corrected chi connectivity index (χ0v) is 14.2. The summed E-state index contributed by atoms with van der Waals surface area (Å²) in [7, 11) is 0. The van der Waals surface area contributed by atoms with Crippen molar-refractivity contribution in [3.8, 4) is 6.07 Å². The average Bonchev–Trinajstić information content (AvgIpc) is 2.69. The highest BCUT2D eigenvalue weighted by atomic mass is 19.1. The first-order valence-corrected chi connectivity index (χ1v) is 8.40. The number of benzene rings is 1. The lowest BCUT2D eigenvalue weighted by molar-refractivity contribution is 0.0943. The summed E-state index contributed by atoms with van der Waals surface area (Å²) in [6, 6.07) is 8.00. The molecule has 8 heteroatoms. The van der Waals surface area contributed by atoms with E-state index in [2.05, 4.69) is 26.3 Å². The predicted molar refractivity (Wildman–Crippen MR) is 94.1 cm³/mol. The summed E-state index contributed by atoms with van der Waals surface area (Å²) in [5, 5.41) is 11.9. The van der Waals surface area contributed by atoms with Crippen LogP contribution in [0.5, 0.6) is 0 Å².